The highest BCUT2D eigenvalue weighted by Gasteiger charge is 2.06. The minimum atomic E-state index is -0.481. The van der Waals surface area contributed by atoms with Crippen molar-refractivity contribution in [3.63, 3.8) is 0 Å². The molecule has 0 N–H and O–H groups in total. The van der Waals surface area contributed by atoms with Gasteiger partial charge in [-0.25, -0.2) is 9.78 Å². The number of aromatic nitrogens is 2. The second-order valence-corrected chi connectivity index (χ2v) is 6.56. The Balaban J connectivity index is 1.67. The van der Waals surface area contributed by atoms with Crippen molar-refractivity contribution in [3.05, 3.63) is 81.9 Å². The lowest BCUT2D eigenvalue weighted by molar-refractivity contribution is -0.139. The topological polar surface area (TPSA) is 60.7 Å². The molecule has 0 spiro atoms. The number of pyridine rings is 1. The molecule has 0 amide bonds. The average Bonchev–Trinajstić information content (AvgIpc) is 2.66. The number of rotatable bonds is 5. The van der Waals surface area contributed by atoms with Crippen LogP contribution in [0.4, 0.5) is 0 Å². The monoisotopic (exact) mass is 366 g/mol. The van der Waals surface area contributed by atoms with Crippen LogP contribution in [0.15, 0.2) is 64.4 Å². The molecule has 0 saturated heterocycles. The number of hydrogen-bond acceptors (Lipinski definition) is 5. The first-order chi connectivity index (χ1) is 12.6. The smallest absolute Gasteiger partial charge is 0.331 e. The molecule has 0 bridgehead atoms. The molecule has 0 aliphatic rings. The van der Waals surface area contributed by atoms with E-state index in [1.54, 1.807) is 30.1 Å². The largest absolute Gasteiger partial charge is 0.456 e. The second kappa shape index (κ2) is 8.01. The molecule has 0 aliphatic heterocycles. The molecule has 2 aromatic heterocycles. The van der Waals surface area contributed by atoms with Crippen molar-refractivity contribution in [1.29, 1.82) is 0 Å². The van der Waals surface area contributed by atoms with E-state index in [1.165, 1.54) is 16.5 Å². The molecular weight excluding hydrogens is 348 g/mol. The van der Waals surface area contributed by atoms with E-state index in [1.807, 2.05) is 43.5 Å². The summed E-state index contributed by atoms with van der Waals surface area (Å²) in [6.07, 6.45) is 6.74. The average molecular weight is 366 g/mol. The Hall–Kier alpha value is -2.86. The second-order valence-electron chi connectivity index (χ2n) is 5.68. The van der Waals surface area contributed by atoms with Crippen LogP contribution in [0.5, 0.6) is 0 Å². The van der Waals surface area contributed by atoms with Gasteiger partial charge in [0, 0.05) is 23.2 Å². The van der Waals surface area contributed by atoms with Crippen LogP contribution in [0, 0.1) is 6.92 Å². The molecule has 0 fully saturated rings. The van der Waals surface area contributed by atoms with Crippen LogP contribution >= 0.6 is 11.8 Å². The minimum Gasteiger partial charge on any atom is -0.456 e. The number of benzene rings is 1. The number of ether oxygens (including phenoxy) is 1. The zero-order chi connectivity index (χ0) is 18.5. The highest BCUT2D eigenvalue weighted by Crippen LogP contribution is 2.15. The van der Waals surface area contributed by atoms with E-state index in [-0.39, 0.29) is 12.2 Å². The first kappa shape index (κ1) is 17.9. The SMILES string of the molecule is CSc1ccc(/C=C/C(=O)OCc2cc(=O)n3cccc(C)c3n2)cc1. The third-order valence-electron chi connectivity index (χ3n) is 3.83. The van der Waals surface area contributed by atoms with Gasteiger partial charge in [0.1, 0.15) is 12.3 Å². The van der Waals surface area contributed by atoms with Crippen LogP contribution in [0.3, 0.4) is 0 Å². The summed E-state index contributed by atoms with van der Waals surface area (Å²) in [6.45, 7) is 1.83. The van der Waals surface area contributed by atoms with Gasteiger partial charge in [0.15, 0.2) is 0 Å². The Kier molecular flexibility index (Phi) is 5.53. The Morgan fingerprint density at radius 3 is 2.77 bits per heavy atom. The highest BCUT2D eigenvalue weighted by molar-refractivity contribution is 7.98. The lowest BCUT2D eigenvalue weighted by Gasteiger charge is -2.06. The standard InChI is InChI=1S/C20H18N2O3S/c1-14-4-3-11-22-18(23)12-16(21-20(14)22)13-25-19(24)10-7-15-5-8-17(26-2)9-6-15/h3-12H,13H2,1-2H3/b10-7+. The number of carbonyl (C=O) groups is 1. The summed E-state index contributed by atoms with van der Waals surface area (Å²) in [7, 11) is 0. The van der Waals surface area contributed by atoms with Crippen molar-refractivity contribution >= 4 is 29.5 Å². The normalized spacial score (nSPS) is 11.2. The summed E-state index contributed by atoms with van der Waals surface area (Å²) in [4.78, 5) is 29.6. The molecule has 2 heterocycles. The van der Waals surface area contributed by atoms with Crippen molar-refractivity contribution < 1.29 is 9.53 Å². The van der Waals surface area contributed by atoms with E-state index in [4.69, 9.17) is 4.74 Å². The number of carbonyl (C=O) groups excluding carboxylic acids is 1. The lowest BCUT2D eigenvalue weighted by Crippen LogP contribution is -2.17. The van der Waals surface area contributed by atoms with Gasteiger partial charge in [0.2, 0.25) is 0 Å². The predicted molar refractivity (Wildman–Crippen MR) is 103 cm³/mol. The van der Waals surface area contributed by atoms with Crippen molar-refractivity contribution in [2.24, 2.45) is 0 Å². The van der Waals surface area contributed by atoms with Gasteiger partial charge >= 0.3 is 5.97 Å². The fraction of sp³-hybridized carbons (Fsp3) is 0.150. The summed E-state index contributed by atoms with van der Waals surface area (Å²) in [5.41, 5.74) is 2.59. The van der Waals surface area contributed by atoms with E-state index in [2.05, 4.69) is 4.98 Å². The molecule has 132 valence electrons. The molecule has 0 aliphatic carbocycles. The van der Waals surface area contributed by atoms with E-state index in [0.717, 1.165) is 16.0 Å². The number of thioether (sulfide) groups is 1. The highest BCUT2D eigenvalue weighted by atomic mass is 32.2. The number of hydrogen-bond donors (Lipinski definition) is 0. The Bertz CT molecular complexity index is 1020. The fourth-order valence-corrected chi connectivity index (χ4v) is 2.86. The molecule has 1 aromatic carbocycles. The van der Waals surface area contributed by atoms with Crippen LogP contribution < -0.4 is 5.56 Å². The number of nitrogens with zero attached hydrogens (tertiary/aromatic N) is 2. The van der Waals surface area contributed by atoms with Crippen LogP contribution in [0.25, 0.3) is 11.7 Å². The molecule has 26 heavy (non-hydrogen) atoms. The molecule has 3 rings (SSSR count). The van der Waals surface area contributed by atoms with Gasteiger partial charge in [-0.2, -0.15) is 0 Å². The van der Waals surface area contributed by atoms with E-state index >= 15 is 0 Å². The maximum absolute atomic E-state index is 12.1. The molecule has 5 nitrogen and oxygen atoms in total. The fourth-order valence-electron chi connectivity index (χ4n) is 2.46. The number of fused-ring (bicyclic) bond motifs is 1. The van der Waals surface area contributed by atoms with Gasteiger partial charge in [0.05, 0.1) is 5.69 Å². The van der Waals surface area contributed by atoms with Gasteiger partial charge in [-0.15, -0.1) is 11.8 Å². The summed E-state index contributed by atoms with van der Waals surface area (Å²) < 4.78 is 6.67. The zero-order valence-corrected chi connectivity index (χ0v) is 15.3. The Morgan fingerprint density at radius 1 is 1.27 bits per heavy atom. The molecule has 0 saturated carbocycles. The van der Waals surface area contributed by atoms with Gasteiger partial charge in [0.25, 0.3) is 5.56 Å². The minimum absolute atomic E-state index is 0.0470. The van der Waals surface area contributed by atoms with Crippen LogP contribution in [0.2, 0.25) is 0 Å². The van der Waals surface area contributed by atoms with E-state index in [0.29, 0.717) is 11.3 Å². The zero-order valence-electron chi connectivity index (χ0n) is 14.5. The van der Waals surface area contributed by atoms with Gasteiger partial charge in [-0.05, 0) is 48.6 Å². The molecule has 0 unspecified atom stereocenters. The lowest BCUT2D eigenvalue weighted by atomic mass is 10.2. The molecule has 6 heteroatoms. The summed E-state index contributed by atoms with van der Waals surface area (Å²) in [6, 6.07) is 12.9. The van der Waals surface area contributed by atoms with E-state index in [9.17, 15) is 9.59 Å². The van der Waals surface area contributed by atoms with Crippen molar-refractivity contribution in [2.45, 2.75) is 18.4 Å². The summed E-state index contributed by atoms with van der Waals surface area (Å²) >= 11 is 1.66. The maximum atomic E-state index is 12.1. The molecule has 0 atom stereocenters. The van der Waals surface area contributed by atoms with Gasteiger partial charge < -0.3 is 4.74 Å². The first-order valence-electron chi connectivity index (χ1n) is 8.03. The first-order valence-corrected chi connectivity index (χ1v) is 9.26. The summed E-state index contributed by atoms with van der Waals surface area (Å²) in [5, 5.41) is 0. The predicted octanol–water partition coefficient (Wildman–Crippen LogP) is 3.48. The van der Waals surface area contributed by atoms with Crippen LogP contribution in [-0.4, -0.2) is 21.6 Å². The molecule has 3 aromatic rings. The van der Waals surface area contributed by atoms with Gasteiger partial charge in [-0.3, -0.25) is 9.20 Å². The van der Waals surface area contributed by atoms with Crippen molar-refractivity contribution in [1.82, 2.24) is 9.38 Å². The number of esters is 1. The van der Waals surface area contributed by atoms with Crippen molar-refractivity contribution in [2.75, 3.05) is 6.26 Å². The molecular formula is C20H18N2O3S. The molecule has 0 radical (unpaired) electrons. The maximum Gasteiger partial charge on any atom is 0.331 e. The van der Waals surface area contributed by atoms with Crippen LogP contribution in [-0.2, 0) is 16.1 Å². The van der Waals surface area contributed by atoms with E-state index < -0.39 is 5.97 Å². The summed E-state index contributed by atoms with van der Waals surface area (Å²) in [5.74, 6) is -0.481. The third kappa shape index (κ3) is 4.21. The van der Waals surface area contributed by atoms with Crippen LogP contribution in [0.1, 0.15) is 16.8 Å². The van der Waals surface area contributed by atoms with Gasteiger partial charge in [-0.1, -0.05) is 18.2 Å². The van der Waals surface area contributed by atoms with Crippen molar-refractivity contribution in [3.8, 4) is 0 Å². The number of aryl methyl sites for hydroxylation is 1. The Labute approximate surface area is 155 Å². The quantitative estimate of drug-likeness (QED) is 0.393. The third-order valence-corrected chi connectivity index (χ3v) is 4.57. The Morgan fingerprint density at radius 2 is 2.04 bits per heavy atom.